The highest BCUT2D eigenvalue weighted by Gasteiger charge is 2.49. The predicted octanol–water partition coefficient (Wildman–Crippen LogP) is 5.42. The first kappa shape index (κ1) is 37.1. The Bertz CT molecular complexity index is 1920. The highest BCUT2D eigenvalue weighted by Crippen LogP contribution is 2.57. The first-order valence-corrected chi connectivity index (χ1v) is 18.1. The van der Waals surface area contributed by atoms with Gasteiger partial charge in [-0.1, -0.05) is 19.9 Å². The van der Waals surface area contributed by atoms with Crippen molar-refractivity contribution in [3.05, 3.63) is 53.3 Å². The molecule has 2 N–H and O–H groups in total. The van der Waals surface area contributed by atoms with E-state index < -0.39 is 65.8 Å². The fraction of sp³-hybridized carbons (Fsp3) is 0.579. The molecule has 1 unspecified atom stereocenters. The van der Waals surface area contributed by atoms with Crippen LogP contribution in [-0.2, 0) is 30.3 Å². The average Bonchev–Trinajstić information content (AvgIpc) is 3.37. The lowest BCUT2D eigenvalue weighted by Gasteiger charge is -2.43. The number of esters is 1. The molecule has 6 heterocycles. The van der Waals surface area contributed by atoms with Crippen molar-refractivity contribution in [2.45, 2.75) is 95.8 Å². The molecular weight excluding hydrogens is 693 g/mol. The van der Waals surface area contributed by atoms with E-state index in [2.05, 4.69) is 15.7 Å². The highest BCUT2D eigenvalue weighted by atomic mass is 19.4. The molecule has 1 aliphatic carbocycles. The molecule has 5 aliphatic rings. The van der Waals surface area contributed by atoms with Gasteiger partial charge in [-0.25, -0.2) is 10.2 Å². The summed E-state index contributed by atoms with van der Waals surface area (Å²) in [6.07, 6.45) is -3.35. The van der Waals surface area contributed by atoms with Crippen LogP contribution in [0.4, 0.5) is 18.0 Å². The van der Waals surface area contributed by atoms with Crippen LogP contribution < -0.4 is 10.7 Å². The monoisotopic (exact) mass is 740 g/mol. The number of nitrogens with one attached hydrogen (secondary N) is 2. The SMILES string of the molecule is CO[C@@H]1c2ncccc2-c2c3c4cc(ccc4n2CC(F)(F)F)C2CN(C2)C[C@H](NC(=O)OC(C)(C)C)C(=O)N2CCC[C@H](N2)C(=O)OCC(C)(C)C31. The van der Waals surface area contributed by atoms with E-state index in [4.69, 9.17) is 14.2 Å². The second-order valence-electron chi connectivity index (χ2n) is 16.3. The van der Waals surface area contributed by atoms with Crippen LogP contribution in [0, 0.1) is 5.41 Å². The highest BCUT2D eigenvalue weighted by molar-refractivity contribution is 5.95. The van der Waals surface area contributed by atoms with E-state index in [1.807, 2.05) is 30.9 Å². The molecule has 0 saturated carbocycles. The van der Waals surface area contributed by atoms with Crippen LogP contribution in [-0.4, -0.2) is 101 Å². The standard InChI is InChI=1S/C38H47F3N6O6/c1-36(2,3)53-35(50)43-26-18-45-16-22(17-45)21-11-12-27-24(15-21)28-29(37(4,5)20-52-34(49)25-10-8-14-47(44-25)33(26)48)32(51-6)30-23(9-7-13-42-30)31(28)46(27)19-38(39,40)41/h7,9,11-13,15,22,25-26,29,32,44H,8,10,14,16-20H2,1-6H3,(H,43,50)/t25-,26-,29?,32-/m0/s1. The summed E-state index contributed by atoms with van der Waals surface area (Å²) in [7, 11) is 1.56. The number of nitrogens with zero attached hydrogens (tertiary/aromatic N) is 4. The molecule has 286 valence electrons. The van der Waals surface area contributed by atoms with Gasteiger partial charge in [0.2, 0.25) is 0 Å². The molecule has 4 atom stereocenters. The molecule has 2 fully saturated rings. The lowest BCUT2D eigenvalue weighted by atomic mass is 9.67. The quantitative estimate of drug-likeness (QED) is 0.339. The number of rotatable bonds is 3. The third kappa shape index (κ3) is 7.22. The van der Waals surface area contributed by atoms with Crippen LogP contribution in [0.5, 0.6) is 0 Å². The number of benzene rings is 1. The second-order valence-corrected chi connectivity index (χ2v) is 16.3. The average molecular weight is 741 g/mol. The van der Waals surface area contributed by atoms with E-state index in [0.717, 1.165) is 5.56 Å². The fourth-order valence-electron chi connectivity index (χ4n) is 8.38. The lowest BCUT2D eigenvalue weighted by molar-refractivity contribution is -0.156. The number of hydrogen-bond donors (Lipinski definition) is 2. The van der Waals surface area contributed by atoms with Crippen molar-refractivity contribution >= 4 is 28.9 Å². The molecule has 0 spiro atoms. The number of pyridine rings is 1. The number of methoxy groups -OCH3 is 1. The summed E-state index contributed by atoms with van der Waals surface area (Å²) in [5.74, 6) is -1.50. The van der Waals surface area contributed by atoms with Gasteiger partial charge in [-0.15, -0.1) is 0 Å². The van der Waals surface area contributed by atoms with Gasteiger partial charge in [-0.05, 0) is 69.0 Å². The number of halogens is 3. The zero-order valence-electron chi connectivity index (χ0n) is 30.9. The summed E-state index contributed by atoms with van der Waals surface area (Å²) in [5.41, 5.74) is 4.99. The van der Waals surface area contributed by atoms with Gasteiger partial charge >= 0.3 is 18.2 Å². The van der Waals surface area contributed by atoms with Crippen LogP contribution in [0.2, 0.25) is 0 Å². The largest absolute Gasteiger partial charge is 0.464 e. The summed E-state index contributed by atoms with van der Waals surface area (Å²) >= 11 is 0. The fourth-order valence-corrected chi connectivity index (χ4v) is 8.38. The van der Waals surface area contributed by atoms with Crippen LogP contribution in [0.3, 0.4) is 0 Å². The van der Waals surface area contributed by atoms with Gasteiger partial charge in [-0.3, -0.25) is 24.5 Å². The molecule has 3 aromatic rings. The Labute approximate surface area is 306 Å². The molecule has 2 amide bonds. The van der Waals surface area contributed by atoms with E-state index >= 15 is 0 Å². The third-order valence-electron chi connectivity index (χ3n) is 10.7. The smallest absolute Gasteiger partial charge is 0.408 e. The van der Waals surface area contributed by atoms with Gasteiger partial charge in [0.1, 0.15) is 30.3 Å². The number of hydrazine groups is 1. The number of alkyl halides is 3. The van der Waals surface area contributed by atoms with Crippen molar-refractivity contribution in [1.29, 1.82) is 0 Å². The van der Waals surface area contributed by atoms with Crippen LogP contribution >= 0.6 is 0 Å². The molecule has 53 heavy (non-hydrogen) atoms. The Kier molecular flexibility index (Phi) is 9.51. The maximum absolute atomic E-state index is 14.4. The Morgan fingerprint density at radius 2 is 1.89 bits per heavy atom. The van der Waals surface area contributed by atoms with Crippen molar-refractivity contribution in [3.63, 3.8) is 0 Å². The second kappa shape index (κ2) is 13.6. The van der Waals surface area contributed by atoms with Crippen LogP contribution in [0.15, 0.2) is 36.5 Å². The topological polar surface area (TPSA) is 127 Å². The molecule has 15 heteroatoms. The predicted molar refractivity (Wildman–Crippen MR) is 189 cm³/mol. The van der Waals surface area contributed by atoms with Crippen molar-refractivity contribution in [3.8, 4) is 11.3 Å². The van der Waals surface area contributed by atoms with E-state index in [-0.39, 0.29) is 19.1 Å². The summed E-state index contributed by atoms with van der Waals surface area (Å²) in [6, 6.07) is 7.31. The number of amides is 2. The molecule has 2 saturated heterocycles. The zero-order chi connectivity index (χ0) is 38.0. The van der Waals surface area contributed by atoms with E-state index in [9.17, 15) is 27.6 Å². The Morgan fingerprint density at radius 1 is 1.13 bits per heavy atom. The molecular formula is C38H47F3N6O6. The number of alkyl carbamates (subject to hydrolysis) is 1. The third-order valence-corrected chi connectivity index (χ3v) is 10.7. The molecule has 0 radical (unpaired) electrons. The lowest BCUT2D eigenvalue weighted by Crippen LogP contribution is -2.63. The maximum atomic E-state index is 14.4. The summed E-state index contributed by atoms with van der Waals surface area (Å²) in [6.45, 7) is 9.40. The number of carbonyl (C=O) groups excluding carboxylic acids is 3. The van der Waals surface area contributed by atoms with Crippen molar-refractivity contribution in [2.75, 3.05) is 39.9 Å². The van der Waals surface area contributed by atoms with E-state index in [0.29, 0.717) is 65.9 Å². The minimum absolute atomic E-state index is 0.0258. The number of aromatic nitrogens is 2. The Morgan fingerprint density at radius 3 is 2.58 bits per heavy atom. The van der Waals surface area contributed by atoms with E-state index in [1.54, 1.807) is 52.3 Å². The maximum Gasteiger partial charge on any atom is 0.408 e. The first-order chi connectivity index (χ1) is 24.9. The van der Waals surface area contributed by atoms with Crippen LogP contribution in [0.25, 0.3) is 22.2 Å². The van der Waals surface area contributed by atoms with Crippen LogP contribution in [0.1, 0.15) is 82.2 Å². The number of hydrogen-bond acceptors (Lipinski definition) is 9. The van der Waals surface area contributed by atoms with Crippen molar-refractivity contribution < 1.29 is 41.8 Å². The molecule has 6 bridgehead atoms. The van der Waals surface area contributed by atoms with Crippen molar-refractivity contribution in [2.24, 2.45) is 5.41 Å². The van der Waals surface area contributed by atoms with Gasteiger partial charge in [-0.2, -0.15) is 13.2 Å². The first-order valence-electron chi connectivity index (χ1n) is 18.1. The summed E-state index contributed by atoms with van der Waals surface area (Å²) in [4.78, 5) is 47.3. The molecule has 2 aromatic heterocycles. The van der Waals surface area contributed by atoms with Gasteiger partial charge in [0.15, 0.2) is 0 Å². The van der Waals surface area contributed by atoms with Gasteiger partial charge in [0, 0.05) is 73.2 Å². The van der Waals surface area contributed by atoms with Crippen molar-refractivity contribution in [1.82, 2.24) is 30.2 Å². The summed E-state index contributed by atoms with van der Waals surface area (Å²) in [5, 5.41) is 4.80. The Hall–Kier alpha value is -4.21. The molecule has 1 aromatic carbocycles. The van der Waals surface area contributed by atoms with Gasteiger partial charge < -0.3 is 24.1 Å². The number of ether oxygens (including phenoxy) is 3. The summed E-state index contributed by atoms with van der Waals surface area (Å²) < 4.78 is 62.1. The molecule has 4 aliphatic heterocycles. The zero-order valence-corrected chi connectivity index (χ0v) is 30.9. The van der Waals surface area contributed by atoms with Gasteiger partial charge in [0.05, 0.1) is 18.0 Å². The molecule has 8 rings (SSSR count). The minimum Gasteiger partial charge on any atom is -0.464 e. The number of fused-ring (bicyclic) bond motifs is 7. The molecule has 12 nitrogen and oxygen atoms in total. The normalized spacial score (nSPS) is 27.3. The Balaban J connectivity index is 1.35. The number of carbonyl (C=O) groups is 3. The minimum atomic E-state index is -4.51. The van der Waals surface area contributed by atoms with Gasteiger partial charge in [0.25, 0.3) is 5.91 Å². The van der Waals surface area contributed by atoms with E-state index in [1.165, 1.54) is 9.58 Å².